The first kappa shape index (κ1) is 15.7. The van der Waals surface area contributed by atoms with Gasteiger partial charge >= 0.3 is 0 Å². The second kappa shape index (κ2) is 6.87. The van der Waals surface area contributed by atoms with Gasteiger partial charge in [0, 0.05) is 17.6 Å². The number of benzene rings is 1. The lowest BCUT2D eigenvalue weighted by Crippen LogP contribution is -2.34. The molecule has 0 aliphatic rings. The minimum absolute atomic E-state index is 0.107. The van der Waals surface area contributed by atoms with Gasteiger partial charge in [-0.25, -0.2) is 4.98 Å². The summed E-state index contributed by atoms with van der Waals surface area (Å²) in [4.78, 5) is 21.6. The molecule has 0 aliphatic heterocycles. The Morgan fingerprint density at radius 1 is 1.48 bits per heavy atom. The molecule has 1 aromatic heterocycles. The maximum Gasteiger partial charge on any atom is 0.258 e. The van der Waals surface area contributed by atoms with Crippen LogP contribution in [0.2, 0.25) is 0 Å². The zero-order valence-corrected chi connectivity index (χ0v) is 13.2. The predicted molar refractivity (Wildman–Crippen MR) is 87.5 cm³/mol. The molecule has 0 fully saturated rings. The van der Waals surface area contributed by atoms with Crippen molar-refractivity contribution in [2.75, 3.05) is 6.54 Å². The molecule has 0 aliphatic carbocycles. The first-order chi connectivity index (χ1) is 10.0. The normalized spacial score (nSPS) is 12.8. The summed E-state index contributed by atoms with van der Waals surface area (Å²) >= 11 is 5.94. The van der Waals surface area contributed by atoms with Crippen LogP contribution >= 0.6 is 11.6 Å². The number of hydrogen-bond acceptors (Lipinski definition) is 3. The van der Waals surface area contributed by atoms with Crippen LogP contribution in [0.1, 0.15) is 26.1 Å². The van der Waals surface area contributed by atoms with Crippen LogP contribution < -0.4 is 5.56 Å². The monoisotopic (exact) mass is 305 g/mol. The van der Waals surface area contributed by atoms with Gasteiger partial charge in [-0.15, -0.1) is 0 Å². The Hall–Kier alpha value is -1.65. The first-order valence-corrected chi connectivity index (χ1v) is 7.44. The van der Waals surface area contributed by atoms with E-state index < -0.39 is 0 Å². The molecule has 2 aromatic rings. The summed E-state index contributed by atoms with van der Waals surface area (Å²) in [6, 6.07) is 7.67. The number of halogens is 1. The third kappa shape index (κ3) is 3.93. The van der Waals surface area contributed by atoms with Gasteiger partial charge in [0.15, 0.2) is 0 Å². The highest BCUT2D eigenvalue weighted by Gasteiger charge is 2.15. The van der Waals surface area contributed by atoms with Gasteiger partial charge in [-0.1, -0.05) is 37.2 Å². The summed E-state index contributed by atoms with van der Waals surface area (Å²) in [5.41, 5.74) is 0.606. The Balaban J connectivity index is 2.32. The molecule has 1 N–H and O–H groups in total. The maximum atomic E-state index is 12.1. The highest BCUT2D eigenvalue weighted by molar-refractivity contribution is 6.29. The van der Waals surface area contributed by atoms with Crippen molar-refractivity contribution < 1.29 is 0 Å². The second-order valence-electron chi connectivity index (χ2n) is 5.21. The van der Waals surface area contributed by atoms with Crippen LogP contribution in [-0.2, 0) is 6.54 Å². The summed E-state index contributed by atoms with van der Waals surface area (Å²) in [6.07, 6.45) is 0.988. The Morgan fingerprint density at radius 2 is 2.19 bits per heavy atom. The van der Waals surface area contributed by atoms with Crippen LogP contribution in [0.15, 0.2) is 40.7 Å². The van der Waals surface area contributed by atoms with Crippen molar-refractivity contribution in [2.45, 2.75) is 32.9 Å². The van der Waals surface area contributed by atoms with E-state index in [0.717, 1.165) is 6.42 Å². The average molecular weight is 306 g/mol. The van der Waals surface area contributed by atoms with Crippen LogP contribution in [0.25, 0.3) is 10.9 Å². The van der Waals surface area contributed by atoms with Crippen LogP contribution in [0.5, 0.6) is 0 Å². The van der Waals surface area contributed by atoms with E-state index in [9.17, 15) is 4.79 Å². The number of aromatic nitrogens is 2. The van der Waals surface area contributed by atoms with Gasteiger partial charge in [0.05, 0.1) is 17.4 Å². The third-order valence-corrected chi connectivity index (χ3v) is 3.72. The quantitative estimate of drug-likeness (QED) is 0.891. The predicted octanol–water partition coefficient (Wildman–Crippen LogP) is 3.28. The van der Waals surface area contributed by atoms with Gasteiger partial charge in [-0.2, -0.15) is 0 Å². The number of nitrogens with zero attached hydrogens (tertiary/aromatic N) is 2. The number of hydrogen-bond donors (Lipinski definition) is 1. The lowest BCUT2D eigenvalue weighted by Gasteiger charge is -2.27. The van der Waals surface area contributed by atoms with Gasteiger partial charge < -0.3 is 4.98 Å². The van der Waals surface area contributed by atoms with E-state index in [4.69, 9.17) is 11.6 Å². The highest BCUT2D eigenvalue weighted by atomic mass is 35.5. The van der Waals surface area contributed by atoms with E-state index in [1.54, 1.807) is 6.07 Å². The number of fused-ring (bicyclic) bond motifs is 1. The van der Waals surface area contributed by atoms with Crippen molar-refractivity contribution in [1.82, 2.24) is 14.9 Å². The van der Waals surface area contributed by atoms with E-state index in [1.807, 2.05) is 18.2 Å². The molecular formula is C16H20ClN3O. The molecule has 2 rings (SSSR count). The van der Waals surface area contributed by atoms with E-state index in [1.165, 1.54) is 0 Å². The molecule has 0 radical (unpaired) electrons. The lowest BCUT2D eigenvalue weighted by atomic mass is 10.2. The standard InChI is InChI=1S/C16H20ClN3O/c1-4-12(3)20(9-11(2)17)10-15-18-14-8-6-5-7-13(14)16(21)19-15/h5-8,12H,2,4,9-10H2,1,3H3,(H,18,19,21)/t12-/m0/s1. The molecule has 21 heavy (non-hydrogen) atoms. The van der Waals surface area contributed by atoms with Gasteiger partial charge in [0.25, 0.3) is 5.56 Å². The number of rotatable bonds is 6. The summed E-state index contributed by atoms with van der Waals surface area (Å²) in [7, 11) is 0. The van der Waals surface area contributed by atoms with Gasteiger partial charge in [-0.3, -0.25) is 9.69 Å². The highest BCUT2D eigenvalue weighted by Crippen LogP contribution is 2.13. The number of para-hydroxylation sites is 1. The zero-order valence-electron chi connectivity index (χ0n) is 12.4. The molecule has 0 amide bonds. The maximum absolute atomic E-state index is 12.1. The van der Waals surface area contributed by atoms with Crippen molar-refractivity contribution in [3.63, 3.8) is 0 Å². The van der Waals surface area contributed by atoms with Crippen molar-refractivity contribution in [2.24, 2.45) is 0 Å². The smallest absolute Gasteiger partial charge is 0.258 e. The van der Waals surface area contributed by atoms with Crippen molar-refractivity contribution in [3.05, 3.63) is 52.1 Å². The van der Waals surface area contributed by atoms with Crippen LogP contribution in [0, 0.1) is 0 Å². The molecule has 0 saturated carbocycles. The van der Waals surface area contributed by atoms with E-state index in [-0.39, 0.29) is 5.56 Å². The summed E-state index contributed by atoms with van der Waals surface area (Å²) in [5, 5.41) is 1.19. The fraction of sp³-hybridized carbons (Fsp3) is 0.375. The fourth-order valence-corrected chi connectivity index (χ4v) is 2.40. The van der Waals surface area contributed by atoms with E-state index in [2.05, 4.69) is 35.3 Å². The minimum atomic E-state index is -0.107. The molecule has 1 atom stereocenters. The van der Waals surface area contributed by atoms with Crippen LogP contribution in [0.4, 0.5) is 0 Å². The molecule has 0 spiro atoms. The van der Waals surface area contributed by atoms with Crippen LogP contribution in [0.3, 0.4) is 0 Å². The Morgan fingerprint density at radius 3 is 2.86 bits per heavy atom. The van der Waals surface area contributed by atoms with Crippen LogP contribution in [-0.4, -0.2) is 27.5 Å². The topological polar surface area (TPSA) is 49.0 Å². The van der Waals surface area contributed by atoms with Crippen molar-refractivity contribution >= 4 is 22.5 Å². The Labute approximate surface area is 129 Å². The van der Waals surface area contributed by atoms with E-state index in [0.29, 0.717) is 40.9 Å². The molecule has 0 unspecified atom stereocenters. The minimum Gasteiger partial charge on any atom is -0.309 e. The largest absolute Gasteiger partial charge is 0.309 e. The molecule has 1 aromatic carbocycles. The number of aromatic amines is 1. The zero-order chi connectivity index (χ0) is 15.4. The number of H-pyrrole nitrogens is 1. The van der Waals surface area contributed by atoms with E-state index >= 15 is 0 Å². The third-order valence-electron chi connectivity index (χ3n) is 3.60. The number of nitrogens with one attached hydrogen (secondary N) is 1. The van der Waals surface area contributed by atoms with Gasteiger partial charge in [0.2, 0.25) is 0 Å². The summed E-state index contributed by atoms with van der Waals surface area (Å²) < 4.78 is 0. The Bertz CT molecular complexity index is 695. The Kier molecular flexibility index (Phi) is 5.15. The first-order valence-electron chi connectivity index (χ1n) is 7.06. The molecule has 4 nitrogen and oxygen atoms in total. The molecule has 5 heteroatoms. The lowest BCUT2D eigenvalue weighted by molar-refractivity contribution is 0.210. The summed E-state index contributed by atoms with van der Waals surface area (Å²) in [6.45, 7) is 9.11. The van der Waals surface area contributed by atoms with Crippen molar-refractivity contribution in [1.29, 1.82) is 0 Å². The molecule has 112 valence electrons. The molecule has 1 heterocycles. The summed E-state index contributed by atoms with van der Waals surface area (Å²) in [5.74, 6) is 0.650. The van der Waals surface area contributed by atoms with Gasteiger partial charge in [0.1, 0.15) is 5.82 Å². The molecular weight excluding hydrogens is 286 g/mol. The SMILES string of the molecule is C=C(Cl)CN(Cc1nc2ccccc2c(=O)[nH]1)[C@@H](C)CC. The fourth-order valence-electron chi connectivity index (χ4n) is 2.25. The molecule has 0 bridgehead atoms. The molecule has 0 saturated heterocycles. The average Bonchev–Trinajstić information content (AvgIpc) is 2.45. The second-order valence-corrected chi connectivity index (χ2v) is 5.74. The van der Waals surface area contributed by atoms with Crippen molar-refractivity contribution in [3.8, 4) is 0 Å². The van der Waals surface area contributed by atoms with Gasteiger partial charge in [-0.05, 0) is 25.5 Å².